The Balaban J connectivity index is 1.38. The van der Waals surface area contributed by atoms with Crippen LogP contribution in [0.4, 0.5) is 5.69 Å². The molecule has 150 valence electrons. The zero-order valence-corrected chi connectivity index (χ0v) is 16.8. The van der Waals surface area contributed by atoms with Crippen molar-refractivity contribution in [1.29, 1.82) is 0 Å². The van der Waals surface area contributed by atoms with E-state index < -0.39 is 15.9 Å². The van der Waals surface area contributed by atoms with E-state index in [1.54, 1.807) is 36.4 Å². The molecule has 0 atom stereocenters. The highest BCUT2D eigenvalue weighted by Gasteiger charge is 2.27. The maximum atomic E-state index is 12.3. The first-order valence-electron chi connectivity index (χ1n) is 8.96. The fourth-order valence-electron chi connectivity index (χ4n) is 2.66. The lowest BCUT2D eigenvalue weighted by Gasteiger charge is -2.09. The van der Waals surface area contributed by atoms with Crippen LogP contribution in [-0.4, -0.2) is 20.4 Å². The number of rotatable bonds is 7. The molecule has 9 heteroatoms. The largest absolute Gasteiger partial charge is 0.451 e. The molecule has 29 heavy (non-hydrogen) atoms. The van der Waals surface area contributed by atoms with Crippen LogP contribution in [0.5, 0.6) is 0 Å². The van der Waals surface area contributed by atoms with Crippen LogP contribution in [0.1, 0.15) is 23.4 Å². The van der Waals surface area contributed by atoms with Gasteiger partial charge in [-0.1, -0.05) is 23.7 Å². The van der Waals surface area contributed by atoms with E-state index in [1.807, 2.05) is 12.1 Å². The zero-order chi connectivity index (χ0) is 20.4. The van der Waals surface area contributed by atoms with Gasteiger partial charge in [0.1, 0.15) is 5.76 Å². The van der Waals surface area contributed by atoms with Crippen LogP contribution in [-0.2, 0) is 10.0 Å². The lowest BCUT2D eigenvalue weighted by atomic mass is 10.2. The molecule has 0 spiro atoms. The fraction of sp³-hybridized carbons (Fsp3) is 0.150. The number of nitrogens with one attached hydrogen (secondary N) is 3. The third-order valence-electron chi connectivity index (χ3n) is 4.35. The van der Waals surface area contributed by atoms with Gasteiger partial charge in [0.05, 0.1) is 15.6 Å². The monoisotopic (exact) mass is 431 g/mol. The first-order chi connectivity index (χ1) is 13.9. The Hall–Kier alpha value is -2.81. The van der Waals surface area contributed by atoms with Crippen LogP contribution in [0.2, 0.25) is 5.02 Å². The van der Waals surface area contributed by atoms with Crippen LogP contribution >= 0.6 is 11.6 Å². The summed E-state index contributed by atoms with van der Waals surface area (Å²) in [5.74, 6) is 0.120. The quantitative estimate of drug-likeness (QED) is 0.494. The summed E-state index contributed by atoms with van der Waals surface area (Å²) >= 11 is 6.14. The highest BCUT2D eigenvalue weighted by Crippen LogP contribution is 2.29. The summed E-state index contributed by atoms with van der Waals surface area (Å²) < 4.78 is 32.5. The molecule has 4 rings (SSSR count). The lowest BCUT2D eigenvalue weighted by Crippen LogP contribution is -2.29. The highest BCUT2D eigenvalue weighted by molar-refractivity contribution is 7.89. The summed E-state index contributed by atoms with van der Waals surface area (Å²) in [5, 5.41) is 0.526. The average molecular weight is 432 g/mol. The molecule has 0 saturated heterocycles. The number of hydrogen-bond donors (Lipinski definition) is 3. The smallest absolute Gasteiger partial charge is 0.305 e. The molecule has 1 heterocycles. The van der Waals surface area contributed by atoms with E-state index in [-0.39, 0.29) is 16.7 Å². The molecule has 1 aliphatic carbocycles. The third kappa shape index (κ3) is 4.61. The molecule has 3 aromatic rings. The molecule has 1 fully saturated rings. The van der Waals surface area contributed by atoms with E-state index >= 15 is 0 Å². The van der Waals surface area contributed by atoms with E-state index in [0.717, 1.165) is 12.8 Å². The van der Waals surface area contributed by atoms with Gasteiger partial charge in [0.15, 0.2) is 5.76 Å². The summed E-state index contributed by atoms with van der Waals surface area (Å²) in [6.45, 7) is 0. The number of amides is 1. The predicted octanol–water partition coefficient (Wildman–Crippen LogP) is 3.80. The van der Waals surface area contributed by atoms with Gasteiger partial charge in [-0.2, -0.15) is 0 Å². The normalized spacial score (nSPS) is 13.8. The van der Waals surface area contributed by atoms with Crippen LogP contribution in [0.3, 0.4) is 0 Å². The van der Waals surface area contributed by atoms with Crippen LogP contribution in [0.15, 0.2) is 70.0 Å². The summed E-state index contributed by atoms with van der Waals surface area (Å²) in [6, 6.07) is 16.5. The molecular formula is C20H18ClN3O4S. The van der Waals surface area contributed by atoms with Crippen molar-refractivity contribution in [2.24, 2.45) is 0 Å². The number of anilines is 1. The van der Waals surface area contributed by atoms with Gasteiger partial charge < -0.3 is 4.42 Å². The number of sulfonamides is 1. The summed E-state index contributed by atoms with van der Waals surface area (Å²) in [4.78, 5) is 12.5. The fourth-order valence-corrected chi connectivity index (χ4v) is 4.20. The number of benzene rings is 2. The van der Waals surface area contributed by atoms with Crippen molar-refractivity contribution >= 4 is 33.2 Å². The van der Waals surface area contributed by atoms with E-state index in [1.165, 1.54) is 12.1 Å². The van der Waals surface area contributed by atoms with E-state index in [0.29, 0.717) is 22.0 Å². The summed E-state index contributed by atoms with van der Waals surface area (Å²) in [6.07, 6.45) is 1.74. The first-order valence-corrected chi connectivity index (χ1v) is 10.8. The van der Waals surface area contributed by atoms with Crippen molar-refractivity contribution < 1.29 is 17.6 Å². The molecule has 1 aliphatic rings. The van der Waals surface area contributed by atoms with Gasteiger partial charge >= 0.3 is 5.91 Å². The molecule has 0 radical (unpaired) electrons. The second kappa shape index (κ2) is 7.90. The summed E-state index contributed by atoms with van der Waals surface area (Å²) in [5.41, 5.74) is 6.47. The van der Waals surface area contributed by atoms with Gasteiger partial charge in [0.25, 0.3) is 0 Å². The number of halogens is 1. The number of carbonyl (C=O) groups excluding carboxylic acids is 1. The van der Waals surface area contributed by atoms with E-state index in [9.17, 15) is 13.2 Å². The Kier molecular flexibility index (Phi) is 5.31. The Bertz CT molecular complexity index is 1140. The minimum absolute atomic E-state index is 0.0426. The standard InChI is InChI=1S/C20H18ClN3O4S/c21-17-4-2-1-3-16(17)18-11-12-19(28-18)20(25)23-22-13-7-9-15(10-8-13)29(26,27)24-14-5-6-14/h1-4,7-12,14,22,24H,5-6H2,(H,23,25). The number of hydrogen-bond acceptors (Lipinski definition) is 5. The first kappa shape index (κ1) is 19.5. The topological polar surface area (TPSA) is 100 Å². The molecule has 2 aromatic carbocycles. The molecule has 1 aromatic heterocycles. The minimum atomic E-state index is -3.51. The minimum Gasteiger partial charge on any atom is -0.451 e. The average Bonchev–Trinajstić information content (AvgIpc) is 3.37. The van der Waals surface area contributed by atoms with Crippen LogP contribution in [0, 0.1) is 0 Å². The van der Waals surface area contributed by atoms with Gasteiger partial charge in [0, 0.05) is 11.6 Å². The second-order valence-electron chi connectivity index (χ2n) is 6.64. The Morgan fingerprint density at radius 2 is 1.72 bits per heavy atom. The molecule has 0 unspecified atom stereocenters. The van der Waals surface area contributed by atoms with Gasteiger partial charge in [-0.05, 0) is 61.4 Å². The number of furan rings is 1. The second-order valence-corrected chi connectivity index (χ2v) is 8.76. The van der Waals surface area contributed by atoms with Crippen molar-refractivity contribution in [2.75, 3.05) is 5.43 Å². The Morgan fingerprint density at radius 1 is 1.00 bits per heavy atom. The van der Waals surface area contributed by atoms with Crippen molar-refractivity contribution in [1.82, 2.24) is 10.1 Å². The van der Waals surface area contributed by atoms with Crippen molar-refractivity contribution in [3.63, 3.8) is 0 Å². The van der Waals surface area contributed by atoms with Gasteiger partial charge in [-0.3, -0.25) is 15.6 Å². The van der Waals surface area contributed by atoms with Gasteiger partial charge in [-0.25, -0.2) is 13.1 Å². The molecule has 3 N–H and O–H groups in total. The van der Waals surface area contributed by atoms with Crippen molar-refractivity contribution in [2.45, 2.75) is 23.8 Å². The predicted molar refractivity (Wildman–Crippen MR) is 110 cm³/mol. The van der Waals surface area contributed by atoms with Gasteiger partial charge in [-0.15, -0.1) is 0 Å². The lowest BCUT2D eigenvalue weighted by molar-refractivity contribution is 0.0936. The van der Waals surface area contributed by atoms with Crippen molar-refractivity contribution in [3.05, 3.63) is 71.4 Å². The maximum absolute atomic E-state index is 12.3. The third-order valence-corrected chi connectivity index (χ3v) is 6.22. The maximum Gasteiger partial charge on any atom is 0.305 e. The Labute approximate surface area is 173 Å². The Morgan fingerprint density at radius 3 is 2.41 bits per heavy atom. The molecular weight excluding hydrogens is 414 g/mol. The summed E-state index contributed by atoms with van der Waals surface area (Å²) in [7, 11) is -3.51. The van der Waals surface area contributed by atoms with Gasteiger partial charge in [0.2, 0.25) is 10.0 Å². The molecule has 1 saturated carbocycles. The molecule has 0 bridgehead atoms. The SMILES string of the molecule is O=C(NNc1ccc(S(=O)(=O)NC2CC2)cc1)c1ccc(-c2ccccc2Cl)o1. The van der Waals surface area contributed by atoms with Crippen molar-refractivity contribution in [3.8, 4) is 11.3 Å². The van der Waals surface area contributed by atoms with Crippen LogP contribution < -0.4 is 15.6 Å². The number of hydrazine groups is 1. The highest BCUT2D eigenvalue weighted by atomic mass is 35.5. The molecule has 1 amide bonds. The molecule has 0 aliphatic heterocycles. The zero-order valence-electron chi connectivity index (χ0n) is 15.2. The number of carbonyl (C=O) groups is 1. The van der Waals surface area contributed by atoms with Crippen LogP contribution in [0.25, 0.3) is 11.3 Å². The molecule has 7 nitrogen and oxygen atoms in total. The van der Waals surface area contributed by atoms with E-state index in [2.05, 4.69) is 15.6 Å². The van der Waals surface area contributed by atoms with E-state index in [4.69, 9.17) is 16.0 Å².